The van der Waals surface area contributed by atoms with Gasteiger partial charge in [-0.05, 0) is 39.5 Å². The van der Waals surface area contributed by atoms with E-state index < -0.39 is 8.56 Å². The summed E-state index contributed by atoms with van der Waals surface area (Å²) in [5.74, 6) is 0.834. The van der Waals surface area contributed by atoms with Crippen LogP contribution in [0.5, 0.6) is 0 Å². The summed E-state index contributed by atoms with van der Waals surface area (Å²) in [5, 5.41) is 0. The van der Waals surface area contributed by atoms with E-state index in [2.05, 4.69) is 0 Å². The van der Waals surface area contributed by atoms with Crippen LogP contribution < -0.4 is 5.73 Å². The third kappa shape index (κ3) is 4.60. The Kier molecular flexibility index (Phi) is 6.53. The highest BCUT2D eigenvalue weighted by atomic mass is 28.4. The summed E-state index contributed by atoms with van der Waals surface area (Å²) >= 11 is 0. The van der Waals surface area contributed by atoms with Crippen LogP contribution in [0.2, 0.25) is 6.55 Å². The van der Waals surface area contributed by atoms with Crippen molar-refractivity contribution < 1.29 is 8.85 Å². The minimum Gasteiger partial charge on any atom is -0.520 e. The average Bonchev–Trinajstić information content (AvgIpc) is 2.17. The van der Waals surface area contributed by atoms with E-state index in [0.29, 0.717) is 12.8 Å². The highest BCUT2D eigenvalue weighted by Crippen LogP contribution is 2.12. The zero-order valence-electron chi connectivity index (χ0n) is 9.54. The van der Waals surface area contributed by atoms with Gasteiger partial charge in [-0.25, -0.2) is 0 Å². The molecule has 0 aliphatic carbocycles. The lowest BCUT2D eigenvalue weighted by Gasteiger charge is -2.26. The van der Waals surface area contributed by atoms with Gasteiger partial charge in [0.2, 0.25) is 0 Å². The van der Waals surface area contributed by atoms with Gasteiger partial charge in [-0.1, -0.05) is 6.08 Å². The van der Waals surface area contributed by atoms with Crippen LogP contribution >= 0.6 is 0 Å². The van der Waals surface area contributed by atoms with Crippen LogP contribution in [0.4, 0.5) is 0 Å². The minimum atomic E-state index is -2.19. The molecular formula is C10H21NO2Si. The molecule has 3 nitrogen and oxygen atoms in total. The van der Waals surface area contributed by atoms with Crippen molar-refractivity contribution in [3.8, 4) is 0 Å². The van der Waals surface area contributed by atoms with Gasteiger partial charge in [0.1, 0.15) is 5.76 Å². The smallest absolute Gasteiger partial charge is 0.409 e. The number of hydrogen-bond donors (Lipinski definition) is 1. The molecule has 0 aromatic heterocycles. The van der Waals surface area contributed by atoms with Gasteiger partial charge >= 0.3 is 8.56 Å². The van der Waals surface area contributed by atoms with E-state index in [4.69, 9.17) is 14.6 Å². The first-order valence-electron chi connectivity index (χ1n) is 4.94. The first kappa shape index (κ1) is 13.4. The van der Waals surface area contributed by atoms with Gasteiger partial charge in [-0.15, -0.1) is 0 Å². The molecule has 0 aliphatic rings. The summed E-state index contributed by atoms with van der Waals surface area (Å²) < 4.78 is 11.4. The molecule has 0 rings (SSSR count). The quantitative estimate of drug-likeness (QED) is 0.419. The topological polar surface area (TPSA) is 44.5 Å². The SMILES string of the molecule is CC=CC(=CC)O[Si](C)(CN)OCC. The van der Waals surface area contributed by atoms with Crippen molar-refractivity contribution in [1.82, 2.24) is 0 Å². The van der Waals surface area contributed by atoms with Gasteiger partial charge in [0, 0.05) is 12.8 Å². The van der Waals surface area contributed by atoms with E-state index in [0.717, 1.165) is 5.76 Å². The maximum atomic E-state index is 5.78. The lowest BCUT2D eigenvalue weighted by molar-refractivity contribution is 0.227. The molecule has 0 bridgehead atoms. The van der Waals surface area contributed by atoms with E-state index in [1.54, 1.807) is 0 Å². The van der Waals surface area contributed by atoms with Crippen molar-refractivity contribution in [2.24, 2.45) is 5.73 Å². The summed E-state index contributed by atoms with van der Waals surface area (Å²) in [4.78, 5) is 0. The fourth-order valence-corrected chi connectivity index (χ4v) is 2.59. The third-order valence-electron chi connectivity index (χ3n) is 1.77. The van der Waals surface area contributed by atoms with E-state index >= 15 is 0 Å². The standard InChI is InChI=1S/C10H21NO2Si/c1-5-8-10(6-2)13-14(4,9-11)12-7-3/h5-6,8H,7,9,11H2,1-4H3. The maximum Gasteiger partial charge on any atom is 0.409 e. The highest BCUT2D eigenvalue weighted by molar-refractivity contribution is 6.66. The first-order chi connectivity index (χ1) is 6.61. The van der Waals surface area contributed by atoms with Crippen molar-refractivity contribution >= 4 is 8.56 Å². The Labute approximate surface area is 87.8 Å². The summed E-state index contributed by atoms with van der Waals surface area (Å²) in [6.07, 6.45) is 6.24. The summed E-state index contributed by atoms with van der Waals surface area (Å²) in [5.41, 5.74) is 5.65. The van der Waals surface area contributed by atoms with Crippen molar-refractivity contribution in [2.75, 3.05) is 12.8 Å². The second kappa shape index (κ2) is 6.81. The lowest BCUT2D eigenvalue weighted by Crippen LogP contribution is -2.46. The lowest BCUT2D eigenvalue weighted by atomic mass is 10.4. The molecule has 0 amide bonds. The van der Waals surface area contributed by atoms with E-state index in [1.165, 1.54) is 0 Å². The first-order valence-corrected chi connectivity index (χ1v) is 7.46. The molecule has 2 N–H and O–H groups in total. The van der Waals surface area contributed by atoms with Crippen molar-refractivity contribution in [1.29, 1.82) is 0 Å². The molecule has 0 aromatic carbocycles. The van der Waals surface area contributed by atoms with E-state index in [1.807, 2.05) is 45.5 Å². The molecular weight excluding hydrogens is 194 g/mol. The zero-order valence-corrected chi connectivity index (χ0v) is 10.5. The Morgan fingerprint density at radius 2 is 2.07 bits per heavy atom. The molecule has 0 saturated carbocycles. The Hall–Kier alpha value is -0.583. The van der Waals surface area contributed by atoms with Crippen LogP contribution in [0.25, 0.3) is 0 Å². The Morgan fingerprint density at radius 3 is 2.43 bits per heavy atom. The van der Waals surface area contributed by atoms with Crippen molar-refractivity contribution in [3.63, 3.8) is 0 Å². The minimum absolute atomic E-state index is 0.468. The van der Waals surface area contributed by atoms with Crippen LogP contribution in [-0.2, 0) is 8.85 Å². The number of allylic oxidation sites excluding steroid dienone is 3. The molecule has 0 aliphatic heterocycles. The second-order valence-electron chi connectivity index (χ2n) is 3.06. The summed E-state index contributed by atoms with van der Waals surface area (Å²) in [6.45, 7) is 8.47. The van der Waals surface area contributed by atoms with Crippen LogP contribution in [-0.4, -0.2) is 21.3 Å². The number of rotatable bonds is 6. The van der Waals surface area contributed by atoms with Gasteiger partial charge in [-0.2, -0.15) is 0 Å². The molecule has 0 aromatic rings. The fourth-order valence-electron chi connectivity index (χ4n) is 1.04. The van der Waals surface area contributed by atoms with Crippen LogP contribution in [0.1, 0.15) is 20.8 Å². The predicted octanol–water partition coefficient (Wildman–Crippen LogP) is 2.09. The Balaban J connectivity index is 4.42. The monoisotopic (exact) mass is 215 g/mol. The molecule has 0 fully saturated rings. The largest absolute Gasteiger partial charge is 0.520 e. The molecule has 82 valence electrons. The predicted molar refractivity (Wildman–Crippen MR) is 62.0 cm³/mol. The Bertz CT molecular complexity index is 216. The van der Waals surface area contributed by atoms with Crippen LogP contribution in [0, 0.1) is 0 Å². The molecule has 0 saturated heterocycles. The molecule has 0 heterocycles. The van der Waals surface area contributed by atoms with Crippen molar-refractivity contribution in [3.05, 3.63) is 24.0 Å². The maximum absolute atomic E-state index is 5.78. The van der Waals surface area contributed by atoms with Gasteiger partial charge in [0.15, 0.2) is 0 Å². The third-order valence-corrected chi connectivity index (χ3v) is 4.08. The molecule has 4 heteroatoms. The summed E-state index contributed by atoms with van der Waals surface area (Å²) in [6, 6.07) is 0. The van der Waals surface area contributed by atoms with Crippen LogP contribution in [0.15, 0.2) is 24.0 Å². The molecule has 1 atom stereocenters. The van der Waals surface area contributed by atoms with Gasteiger partial charge < -0.3 is 14.6 Å². The van der Waals surface area contributed by atoms with E-state index in [-0.39, 0.29) is 0 Å². The number of nitrogens with two attached hydrogens (primary N) is 1. The second-order valence-corrected chi connectivity index (χ2v) is 6.23. The fraction of sp³-hybridized carbons (Fsp3) is 0.600. The zero-order chi connectivity index (χ0) is 11.0. The summed E-state index contributed by atoms with van der Waals surface area (Å²) in [7, 11) is -2.19. The average molecular weight is 215 g/mol. The molecule has 0 radical (unpaired) electrons. The van der Waals surface area contributed by atoms with Gasteiger partial charge in [0.05, 0.1) is 0 Å². The molecule has 0 spiro atoms. The van der Waals surface area contributed by atoms with E-state index in [9.17, 15) is 0 Å². The molecule has 14 heavy (non-hydrogen) atoms. The molecule has 1 unspecified atom stereocenters. The normalized spacial score (nSPS) is 17.1. The van der Waals surface area contributed by atoms with Gasteiger partial charge in [0.25, 0.3) is 0 Å². The van der Waals surface area contributed by atoms with Crippen LogP contribution in [0.3, 0.4) is 0 Å². The highest BCUT2D eigenvalue weighted by Gasteiger charge is 2.31. The Morgan fingerprint density at radius 1 is 1.43 bits per heavy atom. The number of hydrogen-bond acceptors (Lipinski definition) is 3. The van der Waals surface area contributed by atoms with Gasteiger partial charge in [-0.3, -0.25) is 0 Å². The van der Waals surface area contributed by atoms with Crippen molar-refractivity contribution in [2.45, 2.75) is 27.3 Å².